The van der Waals surface area contributed by atoms with Gasteiger partial charge < -0.3 is 9.32 Å². The van der Waals surface area contributed by atoms with Gasteiger partial charge in [-0.2, -0.15) is 0 Å². The summed E-state index contributed by atoms with van der Waals surface area (Å²) >= 11 is 5.98. The molecule has 4 rings (SSSR count). The molecule has 0 atom stereocenters. The van der Waals surface area contributed by atoms with E-state index in [1.165, 1.54) is 6.33 Å². The van der Waals surface area contributed by atoms with Crippen LogP contribution in [0.2, 0.25) is 5.02 Å². The molecular formula is C18H14ClN5O. The Balaban J connectivity index is 1.92. The first kappa shape index (κ1) is 15.5. The van der Waals surface area contributed by atoms with Gasteiger partial charge in [-0.25, -0.2) is 15.0 Å². The molecule has 0 radical (unpaired) electrons. The van der Waals surface area contributed by atoms with Gasteiger partial charge in [0.2, 0.25) is 5.82 Å². The Morgan fingerprint density at radius 2 is 1.84 bits per heavy atom. The Morgan fingerprint density at radius 1 is 1.04 bits per heavy atom. The number of amidine groups is 1. The van der Waals surface area contributed by atoms with E-state index in [9.17, 15) is 0 Å². The van der Waals surface area contributed by atoms with Crippen LogP contribution in [0.4, 0.5) is 5.82 Å². The molecule has 0 saturated carbocycles. The summed E-state index contributed by atoms with van der Waals surface area (Å²) in [5.74, 6) is 1.20. The maximum Gasteiger partial charge on any atom is 0.201 e. The maximum atomic E-state index is 5.98. The molecule has 0 N–H and O–H groups in total. The highest BCUT2D eigenvalue weighted by atomic mass is 35.5. The van der Waals surface area contributed by atoms with Crippen molar-refractivity contribution < 1.29 is 4.42 Å². The van der Waals surface area contributed by atoms with Crippen molar-refractivity contribution in [1.29, 1.82) is 0 Å². The van der Waals surface area contributed by atoms with E-state index < -0.39 is 0 Å². The summed E-state index contributed by atoms with van der Waals surface area (Å²) in [6, 6.07) is 11.2. The summed E-state index contributed by atoms with van der Waals surface area (Å²) in [4.78, 5) is 19.6. The topological polar surface area (TPSA) is 67.4 Å². The standard InChI is InChI=1S/C18H14ClN5O/c1-24(2)18(11-5-7-12(19)8-6-11)23-17-16-15(21-10-22-17)14-13(25-16)4-3-9-20-14/h3-10H,1-2H3. The van der Waals surface area contributed by atoms with Gasteiger partial charge in [0.1, 0.15) is 23.2 Å². The Morgan fingerprint density at radius 3 is 2.60 bits per heavy atom. The number of aliphatic imine (C=N–C) groups is 1. The molecule has 0 fully saturated rings. The SMILES string of the molecule is CN(C)C(=Nc1ncnc2c1oc1cccnc12)c1ccc(Cl)cc1. The molecule has 1 aromatic carbocycles. The largest absolute Gasteiger partial charge is 0.449 e. The van der Waals surface area contributed by atoms with E-state index >= 15 is 0 Å². The molecule has 0 saturated heterocycles. The third-order valence-corrected chi connectivity index (χ3v) is 3.98. The van der Waals surface area contributed by atoms with Gasteiger partial charge in [0.25, 0.3) is 0 Å². The smallest absolute Gasteiger partial charge is 0.201 e. The zero-order valence-corrected chi connectivity index (χ0v) is 14.4. The molecule has 0 aliphatic rings. The van der Waals surface area contributed by atoms with Gasteiger partial charge in [0, 0.05) is 30.9 Å². The predicted octanol–water partition coefficient (Wildman–Crippen LogP) is 4.06. The normalized spacial score (nSPS) is 12.0. The lowest BCUT2D eigenvalue weighted by Gasteiger charge is -2.15. The van der Waals surface area contributed by atoms with Gasteiger partial charge >= 0.3 is 0 Å². The minimum absolute atomic E-state index is 0.460. The first-order valence-corrected chi connectivity index (χ1v) is 8.01. The molecule has 0 unspecified atom stereocenters. The number of nitrogens with zero attached hydrogens (tertiary/aromatic N) is 5. The van der Waals surface area contributed by atoms with Crippen LogP contribution >= 0.6 is 11.6 Å². The number of pyridine rings is 1. The highest BCUT2D eigenvalue weighted by Crippen LogP contribution is 2.30. The molecular weight excluding hydrogens is 338 g/mol. The fourth-order valence-electron chi connectivity index (χ4n) is 2.59. The Hall–Kier alpha value is -2.99. The molecule has 0 amide bonds. The first-order chi connectivity index (χ1) is 12.1. The number of hydrogen-bond acceptors (Lipinski definition) is 5. The molecule has 0 bridgehead atoms. The summed E-state index contributed by atoms with van der Waals surface area (Å²) in [6.07, 6.45) is 3.18. The van der Waals surface area contributed by atoms with Crippen LogP contribution in [0.3, 0.4) is 0 Å². The number of aromatic nitrogens is 3. The number of benzene rings is 1. The van der Waals surface area contributed by atoms with Crippen LogP contribution in [0.5, 0.6) is 0 Å². The molecule has 4 aromatic rings. The molecule has 0 aliphatic heterocycles. The van der Waals surface area contributed by atoms with Crippen LogP contribution in [-0.4, -0.2) is 39.8 Å². The fourth-order valence-corrected chi connectivity index (χ4v) is 2.72. The van der Waals surface area contributed by atoms with E-state index in [1.54, 1.807) is 6.20 Å². The summed E-state index contributed by atoms with van der Waals surface area (Å²) in [6.45, 7) is 0. The first-order valence-electron chi connectivity index (χ1n) is 7.63. The van der Waals surface area contributed by atoms with E-state index in [-0.39, 0.29) is 0 Å². The van der Waals surface area contributed by atoms with Gasteiger partial charge in [-0.3, -0.25) is 4.98 Å². The summed E-state index contributed by atoms with van der Waals surface area (Å²) < 4.78 is 5.88. The molecule has 3 aromatic heterocycles. The van der Waals surface area contributed by atoms with Crippen molar-refractivity contribution in [1.82, 2.24) is 19.9 Å². The second kappa shape index (κ2) is 6.14. The molecule has 25 heavy (non-hydrogen) atoms. The van der Waals surface area contributed by atoms with Crippen LogP contribution in [0.25, 0.3) is 22.2 Å². The number of rotatable bonds is 2. The number of fused-ring (bicyclic) bond motifs is 3. The fraction of sp³-hybridized carbons (Fsp3) is 0.111. The average Bonchev–Trinajstić information content (AvgIpc) is 3.00. The van der Waals surface area contributed by atoms with Crippen molar-refractivity contribution in [3.05, 3.63) is 59.5 Å². The van der Waals surface area contributed by atoms with Gasteiger partial charge in [0.05, 0.1) is 0 Å². The quantitative estimate of drug-likeness (QED) is 0.402. The van der Waals surface area contributed by atoms with Gasteiger partial charge in [0.15, 0.2) is 11.2 Å². The minimum Gasteiger partial charge on any atom is -0.449 e. The van der Waals surface area contributed by atoms with Crippen LogP contribution in [0.1, 0.15) is 5.56 Å². The number of halogens is 1. The predicted molar refractivity (Wildman–Crippen MR) is 98.4 cm³/mol. The zero-order valence-electron chi connectivity index (χ0n) is 13.6. The van der Waals surface area contributed by atoms with Crippen LogP contribution in [0.15, 0.2) is 58.3 Å². The van der Waals surface area contributed by atoms with E-state index in [1.807, 2.05) is 55.4 Å². The molecule has 0 aliphatic carbocycles. The lowest BCUT2D eigenvalue weighted by atomic mass is 10.2. The molecule has 124 valence electrons. The highest BCUT2D eigenvalue weighted by molar-refractivity contribution is 6.30. The van der Waals surface area contributed by atoms with Crippen LogP contribution < -0.4 is 0 Å². The molecule has 3 heterocycles. The Labute approximate surface area is 148 Å². The van der Waals surface area contributed by atoms with Crippen molar-refractivity contribution in [3.8, 4) is 0 Å². The van der Waals surface area contributed by atoms with E-state index in [2.05, 4.69) is 15.0 Å². The summed E-state index contributed by atoms with van der Waals surface area (Å²) in [5, 5.41) is 0.676. The van der Waals surface area contributed by atoms with Gasteiger partial charge in [-0.05, 0) is 36.4 Å². The second-order valence-corrected chi connectivity index (χ2v) is 6.10. The zero-order chi connectivity index (χ0) is 17.4. The van der Waals surface area contributed by atoms with Gasteiger partial charge in [-0.15, -0.1) is 0 Å². The average molecular weight is 352 g/mol. The number of furan rings is 1. The number of hydrogen-bond donors (Lipinski definition) is 0. The van der Waals surface area contributed by atoms with Crippen molar-refractivity contribution in [2.24, 2.45) is 4.99 Å². The van der Waals surface area contributed by atoms with E-state index in [4.69, 9.17) is 21.0 Å². The summed E-state index contributed by atoms with van der Waals surface area (Å²) in [7, 11) is 3.85. The molecule has 7 heteroatoms. The van der Waals surface area contributed by atoms with Crippen LogP contribution in [-0.2, 0) is 0 Å². The van der Waals surface area contributed by atoms with E-state index in [0.29, 0.717) is 33.0 Å². The molecule has 0 spiro atoms. The lowest BCUT2D eigenvalue weighted by Crippen LogP contribution is -2.22. The molecule has 6 nitrogen and oxygen atoms in total. The van der Waals surface area contributed by atoms with Crippen molar-refractivity contribution >= 4 is 45.5 Å². The van der Waals surface area contributed by atoms with Crippen LogP contribution in [0, 0.1) is 0 Å². The Bertz CT molecular complexity index is 1090. The lowest BCUT2D eigenvalue weighted by molar-refractivity contribution is 0.622. The Kier molecular flexibility index (Phi) is 3.82. The third kappa shape index (κ3) is 2.81. The summed E-state index contributed by atoms with van der Waals surface area (Å²) in [5.41, 5.74) is 3.46. The van der Waals surface area contributed by atoms with Crippen molar-refractivity contribution in [2.45, 2.75) is 0 Å². The van der Waals surface area contributed by atoms with Gasteiger partial charge in [-0.1, -0.05) is 11.6 Å². The van der Waals surface area contributed by atoms with Crippen molar-refractivity contribution in [3.63, 3.8) is 0 Å². The van der Waals surface area contributed by atoms with E-state index in [0.717, 1.165) is 11.4 Å². The third-order valence-electron chi connectivity index (χ3n) is 3.73. The minimum atomic E-state index is 0.460. The highest BCUT2D eigenvalue weighted by Gasteiger charge is 2.15. The van der Waals surface area contributed by atoms with Crippen molar-refractivity contribution in [2.75, 3.05) is 14.1 Å². The monoisotopic (exact) mass is 351 g/mol. The maximum absolute atomic E-state index is 5.98. The second-order valence-electron chi connectivity index (χ2n) is 5.66.